The van der Waals surface area contributed by atoms with Crippen molar-refractivity contribution < 1.29 is 4.79 Å². The maximum Gasteiger partial charge on any atom is 0.256 e. The van der Waals surface area contributed by atoms with E-state index < -0.39 is 0 Å². The molecular weight excluding hydrogens is 440 g/mol. The van der Waals surface area contributed by atoms with E-state index in [4.69, 9.17) is 4.98 Å². The van der Waals surface area contributed by atoms with Gasteiger partial charge in [0, 0.05) is 33.5 Å². The minimum Gasteiger partial charge on any atom is -0.321 e. The zero-order chi connectivity index (χ0) is 23.7. The summed E-state index contributed by atoms with van der Waals surface area (Å²) in [6.07, 6.45) is 0. The molecule has 1 amide bonds. The highest BCUT2D eigenvalue weighted by molar-refractivity contribution is 7.99. The van der Waals surface area contributed by atoms with Crippen LogP contribution in [0.5, 0.6) is 0 Å². The largest absolute Gasteiger partial charge is 0.321 e. The topological polar surface area (TPSA) is 59.8 Å². The van der Waals surface area contributed by atoms with Crippen LogP contribution in [0.3, 0.4) is 0 Å². The fourth-order valence-electron chi connectivity index (χ4n) is 4.10. The lowest BCUT2D eigenvalue weighted by atomic mass is 10.0. The van der Waals surface area contributed by atoms with E-state index in [1.54, 1.807) is 11.8 Å². The maximum atomic E-state index is 13.6. The summed E-state index contributed by atoms with van der Waals surface area (Å²) in [7, 11) is 1.92. The number of nitrogens with zero attached hydrogens (tertiary/aromatic N) is 3. The molecule has 1 N–H and O–H groups in total. The van der Waals surface area contributed by atoms with Crippen LogP contribution in [-0.2, 0) is 7.05 Å². The summed E-state index contributed by atoms with van der Waals surface area (Å²) < 4.78 is 1.85. The quantitative estimate of drug-likeness (QED) is 0.316. The molecule has 0 spiro atoms. The number of fused-ring (bicyclic) bond motifs is 1. The van der Waals surface area contributed by atoms with Gasteiger partial charge in [-0.1, -0.05) is 60.3 Å². The van der Waals surface area contributed by atoms with E-state index in [2.05, 4.69) is 22.5 Å². The van der Waals surface area contributed by atoms with Crippen LogP contribution < -0.4 is 5.32 Å². The Bertz CT molecular complexity index is 1510. The van der Waals surface area contributed by atoms with Gasteiger partial charge in [0.05, 0.1) is 28.2 Å². The molecule has 34 heavy (non-hydrogen) atoms. The molecule has 0 atom stereocenters. The van der Waals surface area contributed by atoms with Crippen molar-refractivity contribution in [2.45, 2.75) is 23.6 Å². The van der Waals surface area contributed by atoms with Crippen molar-refractivity contribution in [2.75, 3.05) is 5.32 Å². The van der Waals surface area contributed by atoms with Gasteiger partial charge in [0.15, 0.2) is 0 Å². The van der Waals surface area contributed by atoms with Crippen LogP contribution >= 0.6 is 11.8 Å². The number of pyridine rings is 1. The van der Waals surface area contributed by atoms with Crippen molar-refractivity contribution in [3.63, 3.8) is 0 Å². The van der Waals surface area contributed by atoms with Crippen molar-refractivity contribution in [3.8, 4) is 11.3 Å². The number of aromatic nitrogens is 3. The highest BCUT2D eigenvalue weighted by Gasteiger charge is 2.19. The average Bonchev–Trinajstić information content (AvgIpc) is 3.11. The smallest absolute Gasteiger partial charge is 0.256 e. The molecule has 0 radical (unpaired) electrons. The third-order valence-corrected chi connectivity index (χ3v) is 6.92. The third-order valence-electron chi connectivity index (χ3n) is 5.83. The molecule has 0 bridgehead atoms. The zero-order valence-corrected chi connectivity index (χ0v) is 20.1. The lowest BCUT2D eigenvalue weighted by Crippen LogP contribution is -2.13. The molecule has 6 heteroatoms. The number of para-hydroxylation sites is 2. The molecule has 0 aliphatic heterocycles. The van der Waals surface area contributed by atoms with Gasteiger partial charge in [-0.05, 0) is 50.2 Å². The maximum absolute atomic E-state index is 13.6. The minimum absolute atomic E-state index is 0.167. The van der Waals surface area contributed by atoms with E-state index in [0.29, 0.717) is 5.56 Å². The highest BCUT2D eigenvalue weighted by atomic mass is 32.2. The van der Waals surface area contributed by atoms with Crippen LogP contribution in [0.4, 0.5) is 5.69 Å². The van der Waals surface area contributed by atoms with Crippen LogP contribution in [0.2, 0.25) is 0 Å². The van der Waals surface area contributed by atoms with Crippen LogP contribution in [0.25, 0.3) is 22.2 Å². The second kappa shape index (κ2) is 9.15. The standard InChI is InChI=1S/C28H24N4OS/c1-18-27(19(2)32(3)31-18)25-17-22(21-13-7-8-14-23(21)29-25)28(33)30-24-15-9-10-16-26(24)34-20-11-5-4-6-12-20/h4-17H,1-3H3,(H,30,33). The Kier molecular flexibility index (Phi) is 5.90. The van der Waals surface area contributed by atoms with Gasteiger partial charge in [0.25, 0.3) is 5.91 Å². The van der Waals surface area contributed by atoms with Gasteiger partial charge in [0.1, 0.15) is 0 Å². The molecule has 5 aromatic rings. The lowest BCUT2D eigenvalue weighted by Gasteiger charge is -2.13. The first kappa shape index (κ1) is 21.9. The number of nitrogens with one attached hydrogen (secondary N) is 1. The number of hydrogen-bond donors (Lipinski definition) is 1. The third kappa shape index (κ3) is 4.20. The number of amides is 1. The summed E-state index contributed by atoms with van der Waals surface area (Å²) in [5.74, 6) is -0.167. The number of rotatable bonds is 5. The number of hydrogen-bond acceptors (Lipinski definition) is 4. The fraction of sp³-hybridized carbons (Fsp3) is 0.107. The molecule has 2 aromatic heterocycles. The molecule has 0 saturated heterocycles. The van der Waals surface area contributed by atoms with E-state index in [1.807, 2.05) is 98.4 Å². The second-order valence-electron chi connectivity index (χ2n) is 8.11. The summed E-state index contributed by atoms with van der Waals surface area (Å²) in [6.45, 7) is 3.99. The summed E-state index contributed by atoms with van der Waals surface area (Å²) in [6, 6.07) is 27.6. The second-order valence-corrected chi connectivity index (χ2v) is 9.22. The Morgan fingerprint density at radius 2 is 1.62 bits per heavy atom. The zero-order valence-electron chi connectivity index (χ0n) is 19.2. The van der Waals surface area contributed by atoms with Gasteiger partial charge < -0.3 is 5.32 Å². The number of carbonyl (C=O) groups excluding carboxylic acids is 1. The van der Waals surface area contributed by atoms with Gasteiger partial charge in [-0.25, -0.2) is 4.98 Å². The Labute approximate surface area is 202 Å². The summed E-state index contributed by atoms with van der Waals surface area (Å²) in [5, 5.41) is 8.49. The molecule has 0 aliphatic rings. The van der Waals surface area contributed by atoms with Gasteiger partial charge in [-0.2, -0.15) is 5.10 Å². The molecule has 0 saturated carbocycles. The van der Waals surface area contributed by atoms with E-state index in [-0.39, 0.29) is 5.91 Å². The van der Waals surface area contributed by atoms with Gasteiger partial charge in [-0.15, -0.1) is 0 Å². The first-order valence-corrected chi connectivity index (χ1v) is 11.9. The first-order chi connectivity index (χ1) is 16.5. The van der Waals surface area contributed by atoms with E-state index in [0.717, 1.165) is 49.0 Å². The molecule has 0 unspecified atom stereocenters. The lowest BCUT2D eigenvalue weighted by molar-refractivity contribution is 0.102. The molecule has 0 fully saturated rings. The van der Waals surface area contributed by atoms with E-state index >= 15 is 0 Å². The van der Waals surface area contributed by atoms with Gasteiger partial charge in [-0.3, -0.25) is 9.48 Å². The summed E-state index contributed by atoms with van der Waals surface area (Å²) >= 11 is 1.62. The van der Waals surface area contributed by atoms with Crippen LogP contribution in [-0.4, -0.2) is 20.7 Å². The van der Waals surface area contributed by atoms with Gasteiger partial charge in [0.2, 0.25) is 0 Å². The van der Waals surface area contributed by atoms with Crippen molar-refractivity contribution in [1.29, 1.82) is 0 Å². The van der Waals surface area contributed by atoms with E-state index in [9.17, 15) is 4.79 Å². The minimum atomic E-state index is -0.167. The first-order valence-electron chi connectivity index (χ1n) is 11.0. The van der Waals surface area contributed by atoms with E-state index in [1.165, 1.54) is 0 Å². The molecule has 168 valence electrons. The Balaban J connectivity index is 1.56. The predicted octanol–water partition coefficient (Wildman–Crippen LogP) is 6.66. The predicted molar refractivity (Wildman–Crippen MR) is 138 cm³/mol. The average molecular weight is 465 g/mol. The molecular formula is C28H24N4OS. The van der Waals surface area contributed by atoms with Crippen molar-refractivity contribution >= 4 is 34.3 Å². The number of benzene rings is 3. The fourth-order valence-corrected chi connectivity index (χ4v) is 5.02. The number of anilines is 1. The van der Waals surface area contributed by atoms with Gasteiger partial charge >= 0.3 is 0 Å². The van der Waals surface area contributed by atoms with Crippen LogP contribution in [0.15, 0.2) is 94.7 Å². The van der Waals surface area contributed by atoms with Crippen LogP contribution in [0, 0.1) is 13.8 Å². The monoisotopic (exact) mass is 464 g/mol. The molecule has 0 aliphatic carbocycles. The molecule has 2 heterocycles. The normalized spacial score (nSPS) is 11.0. The molecule has 3 aromatic carbocycles. The summed E-state index contributed by atoms with van der Waals surface area (Å²) in [4.78, 5) is 20.6. The van der Waals surface area contributed by atoms with Crippen molar-refractivity contribution in [3.05, 3.63) is 102 Å². The van der Waals surface area contributed by atoms with Crippen molar-refractivity contribution in [1.82, 2.24) is 14.8 Å². The highest BCUT2D eigenvalue weighted by Crippen LogP contribution is 2.34. The molecule has 5 rings (SSSR count). The molecule has 5 nitrogen and oxygen atoms in total. The summed E-state index contributed by atoms with van der Waals surface area (Å²) in [5.41, 5.74) is 5.75. The Morgan fingerprint density at radius 3 is 2.38 bits per heavy atom. The Hall–Kier alpha value is -3.90. The number of carbonyl (C=O) groups is 1. The van der Waals surface area contributed by atoms with Crippen LogP contribution in [0.1, 0.15) is 21.7 Å². The SMILES string of the molecule is Cc1nn(C)c(C)c1-c1cc(C(=O)Nc2ccccc2Sc2ccccc2)c2ccccc2n1. The van der Waals surface area contributed by atoms with Crippen molar-refractivity contribution in [2.24, 2.45) is 7.05 Å². The number of aryl methyl sites for hydroxylation is 2. The Morgan fingerprint density at radius 1 is 0.912 bits per heavy atom.